The van der Waals surface area contributed by atoms with Crippen LogP contribution in [0, 0.1) is 40.9 Å². The Hall–Kier alpha value is -1.95. The summed E-state index contributed by atoms with van der Waals surface area (Å²) in [6, 6.07) is 0. The zero-order valence-electron chi connectivity index (χ0n) is 20.2. The molecule has 0 bridgehead atoms. The van der Waals surface area contributed by atoms with Crippen LogP contribution in [-0.2, 0) is 23.9 Å². The van der Waals surface area contributed by atoms with Crippen molar-refractivity contribution in [3.8, 4) is 0 Å². The monoisotopic (exact) mass is 444 g/mol. The van der Waals surface area contributed by atoms with Gasteiger partial charge in [-0.1, -0.05) is 46.8 Å². The molecule has 176 valence electrons. The second kappa shape index (κ2) is 7.28. The van der Waals surface area contributed by atoms with Gasteiger partial charge < -0.3 is 14.6 Å². The summed E-state index contributed by atoms with van der Waals surface area (Å²) in [6.07, 6.45) is 4.93. The second-order valence-corrected chi connectivity index (χ2v) is 11.4. The summed E-state index contributed by atoms with van der Waals surface area (Å²) >= 11 is 0. The van der Waals surface area contributed by atoms with Gasteiger partial charge in [0, 0.05) is 30.6 Å². The molecule has 0 saturated heterocycles. The van der Waals surface area contributed by atoms with Gasteiger partial charge in [-0.3, -0.25) is 14.4 Å². The van der Waals surface area contributed by atoms with Crippen molar-refractivity contribution in [2.24, 2.45) is 40.9 Å². The van der Waals surface area contributed by atoms with Crippen molar-refractivity contribution >= 4 is 17.7 Å². The summed E-state index contributed by atoms with van der Waals surface area (Å²) in [4.78, 5) is 37.2. The fraction of sp³-hybridized carbons (Fsp3) is 0.731. The van der Waals surface area contributed by atoms with Crippen LogP contribution < -0.4 is 0 Å². The van der Waals surface area contributed by atoms with E-state index in [-0.39, 0.29) is 65.7 Å². The van der Waals surface area contributed by atoms with Crippen molar-refractivity contribution in [2.45, 2.75) is 72.5 Å². The van der Waals surface area contributed by atoms with E-state index in [1.54, 1.807) is 6.92 Å². The van der Waals surface area contributed by atoms with Crippen LogP contribution in [-0.4, -0.2) is 40.6 Å². The maximum Gasteiger partial charge on any atom is 0.308 e. The van der Waals surface area contributed by atoms with Gasteiger partial charge in [-0.2, -0.15) is 0 Å². The normalized spacial score (nSPS) is 41.5. The van der Waals surface area contributed by atoms with Gasteiger partial charge in [-0.15, -0.1) is 0 Å². The topological polar surface area (TPSA) is 89.9 Å². The molecule has 0 aromatic rings. The summed E-state index contributed by atoms with van der Waals surface area (Å²) in [5, 5.41) is 11.7. The maximum absolute atomic E-state index is 13.1. The molecule has 0 aromatic carbocycles. The Kier molecular flexibility index (Phi) is 5.28. The average Bonchev–Trinajstić information content (AvgIpc) is 3.11. The lowest BCUT2D eigenvalue weighted by atomic mass is 9.63. The highest BCUT2D eigenvalue weighted by molar-refractivity contribution is 6.04. The van der Waals surface area contributed by atoms with Crippen molar-refractivity contribution in [1.29, 1.82) is 0 Å². The lowest BCUT2D eigenvalue weighted by molar-refractivity contribution is -0.163. The first-order chi connectivity index (χ1) is 14.8. The Labute approximate surface area is 190 Å². The molecular formula is C26H36O6. The SMILES string of the molecule is CC(=O)OCC1=C[C@@H]2[C@H]([C@H](C)C[C@]3(OC(=O)C(C)C)[C@H]2C3(C)C)[C@H]2C=C(C)C(=O)[C@@]2(O)C1. The van der Waals surface area contributed by atoms with E-state index in [0.29, 0.717) is 12.0 Å². The summed E-state index contributed by atoms with van der Waals surface area (Å²) < 4.78 is 11.5. The third-order valence-corrected chi connectivity index (χ3v) is 8.69. The van der Waals surface area contributed by atoms with Gasteiger partial charge in [0.25, 0.3) is 0 Å². The van der Waals surface area contributed by atoms with Crippen LogP contribution >= 0.6 is 0 Å². The van der Waals surface area contributed by atoms with Crippen molar-refractivity contribution in [3.05, 3.63) is 23.3 Å². The largest absolute Gasteiger partial charge is 0.461 e. The number of Topliss-reactive ketones (excluding diaryl/α,β-unsaturated/α-hetero) is 1. The number of ketones is 1. The van der Waals surface area contributed by atoms with E-state index in [1.165, 1.54) is 6.92 Å². The lowest BCUT2D eigenvalue weighted by Crippen LogP contribution is -2.49. The van der Waals surface area contributed by atoms with Gasteiger partial charge in [0.05, 0.1) is 5.92 Å². The standard InChI is InChI=1S/C26H36O6/c1-13(2)23(29)32-26-10-15(4)20-18(21(26)24(26,6)7)9-17(12-31-16(5)27)11-25(30)19(20)8-14(3)22(25)28/h8-9,13,15,18-21,30H,10-12H2,1-7H3/t15-,18-,19-,20+,21-,25-,26+/m1/s1. The summed E-state index contributed by atoms with van der Waals surface area (Å²) in [7, 11) is 0. The van der Waals surface area contributed by atoms with Crippen molar-refractivity contribution in [1.82, 2.24) is 0 Å². The number of hydrogen-bond donors (Lipinski definition) is 1. The Morgan fingerprint density at radius 3 is 2.50 bits per heavy atom. The summed E-state index contributed by atoms with van der Waals surface area (Å²) in [5.74, 6) is -1.08. The van der Waals surface area contributed by atoms with E-state index >= 15 is 0 Å². The van der Waals surface area contributed by atoms with E-state index < -0.39 is 17.2 Å². The quantitative estimate of drug-likeness (QED) is 0.526. The van der Waals surface area contributed by atoms with Crippen molar-refractivity contribution in [3.63, 3.8) is 0 Å². The van der Waals surface area contributed by atoms with Crippen LogP contribution in [0.3, 0.4) is 0 Å². The highest BCUT2D eigenvalue weighted by Crippen LogP contribution is 2.75. The van der Waals surface area contributed by atoms with Gasteiger partial charge in [0.2, 0.25) is 0 Å². The second-order valence-electron chi connectivity index (χ2n) is 11.4. The zero-order chi connectivity index (χ0) is 23.8. The number of esters is 2. The van der Waals surface area contributed by atoms with Gasteiger partial charge in [0.1, 0.15) is 17.8 Å². The molecule has 7 atom stereocenters. The first-order valence-corrected chi connectivity index (χ1v) is 11.8. The van der Waals surface area contributed by atoms with Crippen LogP contribution in [0.4, 0.5) is 0 Å². The molecule has 4 aliphatic carbocycles. The smallest absolute Gasteiger partial charge is 0.308 e. The molecule has 0 unspecified atom stereocenters. The number of ether oxygens (including phenoxy) is 2. The molecule has 0 radical (unpaired) electrons. The van der Waals surface area contributed by atoms with E-state index in [9.17, 15) is 19.5 Å². The molecule has 4 aliphatic rings. The Balaban J connectivity index is 1.78. The molecule has 0 spiro atoms. The van der Waals surface area contributed by atoms with E-state index in [4.69, 9.17) is 9.47 Å². The Morgan fingerprint density at radius 2 is 1.91 bits per heavy atom. The number of fused-ring (bicyclic) bond motifs is 5. The third-order valence-electron chi connectivity index (χ3n) is 8.69. The number of carbonyl (C=O) groups excluding carboxylic acids is 3. The van der Waals surface area contributed by atoms with E-state index in [2.05, 4.69) is 26.8 Å². The molecule has 0 aliphatic heterocycles. The Morgan fingerprint density at radius 1 is 1.25 bits per heavy atom. The number of hydrogen-bond acceptors (Lipinski definition) is 6. The first-order valence-electron chi connectivity index (χ1n) is 11.8. The Bertz CT molecular complexity index is 927. The van der Waals surface area contributed by atoms with Crippen molar-refractivity contribution in [2.75, 3.05) is 6.61 Å². The van der Waals surface area contributed by atoms with Gasteiger partial charge in [0.15, 0.2) is 5.78 Å². The van der Waals surface area contributed by atoms with Crippen LogP contribution in [0.15, 0.2) is 23.3 Å². The van der Waals surface area contributed by atoms with Gasteiger partial charge in [-0.05, 0) is 42.2 Å². The minimum Gasteiger partial charge on any atom is -0.461 e. The minimum atomic E-state index is -1.52. The van der Waals surface area contributed by atoms with Gasteiger partial charge >= 0.3 is 11.9 Å². The molecule has 2 saturated carbocycles. The molecule has 4 rings (SSSR count). The molecular weight excluding hydrogens is 408 g/mol. The molecule has 0 amide bonds. The molecule has 32 heavy (non-hydrogen) atoms. The fourth-order valence-electron chi connectivity index (χ4n) is 7.16. The number of aliphatic hydroxyl groups is 1. The van der Waals surface area contributed by atoms with Crippen molar-refractivity contribution < 1.29 is 29.0 Å². The molecule has 2 fully saturated rings. The summed E-state index contributed by atoms with van der Waals surface area (Å²) in [6.45, 7) is 13.3. The molecule has 6 nitrogen and oxygen atoms in total. The molecule has 0 aromatic heterocycles. The average molecular weight is 445 g/mol. The number of allylic oxidation sites excluding steroid dienone is 1. The zero-order valence-corrected chi connectivity index (χ0v) is 20.2. The van der Waals surface area contributed by atoms with Crippen LogP contribution in [0.5, 0.6) is 0 Å². The number of carbonyl (C=O) groups is 3. The van der Waals surface area contributed by atoms with E-state index in [1.807, 2.05) is 19.9 Å². The minimum absolute atomic E-state index is 0.00763. The highest BCUT2D eigenvalue weighted by atomic mass is 16.6. The first kappa shape index (κ1) is 23.2. The molecule has 1 N–H and O–H groups in total. The van der Waals surface area contributed by atoms with Crippen LogP contribution in [0.1, 0.15) is 61.3 Å². The van der Waals surface area contributed by atoms with Crippen LogP contribution in [0.25, 0.3) is 0 Å². The third kappa shape index (κ3) is 3.12. The predicted molar refractivity (Wildman–Crippen MR) is 118 cm³/mol. The molecule has 0 heterocycles. The van der Waals surface area contributed by atoms with E-state index in [0.717, 1.165) is 5.57 Å². The maximum atomic E-state index is 13.1. The van der Waals surface area contributed by atoms with Gasteiger partial charge in [-0.25, -0.2) is 0 Å². The predicted octanol–water partition coefficient (Wildman–Crippen LogP) is 3.62. The summed E-state index contributed by atoms with van der Waals surface area (Å²) in [5.41, 5.74) is -0.940. The molecule has 6 heteroatoms. The number of rotatable bonds is 4. The fourth-order valence-corrected chi connectivity index (χ4v) is 7.16. The lowest BCUT2D eigenvalue weighted by Gasteiger charge is -2.43. The highest BCUT2D eigenvalue weighted by Gasteiger charge is 2.80. The van der Waals surface area contributed by atoms with Crippen LogP contribution in [0.2, 0.25) is 0 Å².